The number of aromatic nitrogens is 2. The number of amides is 2. The van der Waals surface area contributed by atoms with E-state index in [2.05, 4.69) is 20.4 Å². The van der Waals surface area contributed by atoms with Crippen LogP contribution in [-0.4, -0.2) is 50.4 Å². The zero-order valence-corrected chi connectivity index (χ0v) is 21.5. The van der Waals surface area contributed by atoms with Crippen molar-refractivity contribution in [2.24, 2.45) is 10.9 Å². The van der Waals surface area contributed by atoms with Crippen LogP contribution in [0, 0.1) is 12.8 Å². The molecule has 1 saturated heterocycles. The lowest BCUT2D eigenvalue weighted by molar-refractivity contribution is -0.134. The fourth-order valence-electron chi connectivity index (χ4n) is 5.10. The van der Waals surface area contributed by atoms with E-state index in [1.165, 1.54) is 6.07 Å². The van der Waals surface area contributed by atoms with Crippen LogP contribution in [0.1, 0.15) is 56.5 Å². The first-order valence-electron chi connectivity index (χ1n) is 12.1. The van der Waals surface area contributed by atoms with E-state index in [4.69, 9.17) is 4.52 Å². The second kappa shape index (κ2) is 9.16. The second-order valence-corrected chi connectivity index (χ2v) is 10.8. The molecule has 0 aliphatic carbocycles. The minimum atomic E-state index is -1.01. The maximum Gasteiger partial charge on any atom is 0.277 e. The Labute approximate surface area is 213 Å². The van der Waals surface area contributed by atoms with Gasteiger partial charge in [0.2, 0.25) is 5.91 Å². The van der Waals surface area contributed by atoms with Gasteiger partial charge in [-0.25, -0.2) is 4.98 Å². The summed E-state index contributed by atoms with van der Waals surface area (Å²) < 4.78 is 5.23. The number of aliphatic imine (C=N–C) groups is 1. The van der Waals surface area contributed by atoms with Crippen LogP contribution in [0.25, 0.3) is 10.4 Å². The number of nitrogens with zero attached hydrogens (tertiary/aromatic N) is 4. The van der Waals surface area contributed by atoms with Crippen molar-refractivity contribution in [3.8, 4) is 16.3 Å². The third-order valence-corrected chi connectivity index (χ3v) is 8.08. The minimum Gasteiger partial charge on any atom is -0.491 e. The molecule has 5 rings (SSSR count). The van der Waals surface area contributed by atoms with E-state index >= 15 is 0 Å². The molecule has 2 amide bonds. The number of rotatable bonds is 6. The Balaban J connectivity index is 1.37. The zero-order valence-electron chi connectivity index (χ0n) is 20.7. The molecule has 0 spiro atoms. The molecule has 2 aromatic heterocycles. The van der Waals surface area contributed by atoms with Crippen LogP contribution in [0.3, 0.4) is 0 Å². The second-order valence-electron chi connectivity index (χ2n) is 9.90. The Bertz CT molecular complexity index is 1330. The van der Waals surface area contributed by atoms with Crippen LogP contribution in [0.5, 0.6) is 5.88 Å². The quantitative estimate of drug-likeness (QED) is 0.517. The molecule has 188 valence electrons. The van der Waals surface area contributed by atoms with Gasteiger partial charge in [0, 0.05) is 12.6 Å². The van der Waals surface area contributed by atoms with E-state index in [0.717, 1.165) is 28.1 Å². The van der Waals surface area contributed by atoms with Gasteiger partial charge >= 0.3 is 0 Å². The number of hydrogen-bond donors (Lipinski definition) is 2. The number of carbonyl (C=O) groups is 2. The number of amidine groups is 1. The average molecular weight is 508 g/mol. The van der Waals surface area contributed by atoms with Crippen LogP contribution in [0.15, 0.2) is 45.4 Å². The summed E-state index contributed by atoms with van der Waals surface area (Å²) in [6.07, 6.45) is 1.51. The van der Waals surface area contributed by atoms with Gasteiger partial charge in [0.1, 0.15) is 17.3 Å². The lowest BCUT2D eigenvalue weighted by Crippen LogP contribution is -2.51. The van der Waals surface area contributed by atoms with E-state index in [-0.39, 0.29) is 29.7 Å². The predicted molar refractivity (Wildman–Crippen MR) is 136 cm³/mol. The van der Waals surface area contributed by atoms with Crippen LogP contribution in [0.2, 0.25) is 0 Å². The molecule has 4 heterocycles. The van der Waals surface area contributed by atoms with Crippen molar-refractivity contribution in [1.82, 2.24) is 20.4 Å². The number of nitrogens with one attached hydrogen (secondary N) is 1. The Morgan fingerprint density at radius 3 is 2.67 bits per heavy atom. The van der Waals surface area contributed by atoms with Gasteiger partial charge in [-0.3, -0.25) is 9.59 Å². The molecule has 1 aromatic carbocycles. The molecule has 9 nitrogen and oxygen atoms in total. The number of thiazole rings is 1. The third kappa shape index (κ3) is 4.09. The molecule has 1 unspecified atom stereocenters. The molecule has 3 aromatic rings. The van der Waals surface area contributed by atoms with Crippen LogP contribution < -0.4 is 5.32 Å². The number of aromatic hydroxyl groups is 1. The van der Waals surface area contributed by atoms with Crippen molar-refractivity contribution in [1.29, 1.82) is 0 Å². The van der Waals surface area contributed by atoms with E-state index in [1.54, 1.807) is 16.2 Å². The van der Waals surface area contributed by atoms with Crippen LogP contribution in [0.4, 0.5) is 0 Å². The van der Waals surface area contributed by atoms with Crippen LogP contribution in [-0.2, 0) is 15.1 Å². The Morgan fingerprint density at radius 1 is 1.31 bits per heavy atom. The molecule has 2 N–H and O–H groups in total. The third-order valence-electron chi connectivity index (χ3n) is 7.10. The van der Waals surface area contributed by atoms with Gasteiger partial charge in [0.25, 0.3) is 11.8 Å². The van der Waals surface area contributed by atoms with E-state index < -0.39 is 11.5 Å². The molecule has 3 atom stereocenters. The van der Waals surface area contributed by atoms with Gasteiger partial charge < -0.3 is 19.8 Å². The number of likely N-dealkylation sites (tertiary alicyclic amines) is 1. The van der Waals surface area contributed by atoms with Gasteiger partial charge in [-0.1, -0.05) is 38.1 Å². The monoisotopic (exact) mass is 507 g/mol. The number of hydrogen-bond acceptors (Lipinski definition) is 8. The first-order chi connectivity index (χ1) is 17.2. The summed E-state index contributed by atoms with van der Waals surface area (Å²) in [5.41, 5.74) is 3.66. The van der Waals surface area contributed by atoms with E-state index in [0.29, 0.717) is 24.6 Å². The topological polar surface area (TPSA) is 121 Å². The smallest absolute Gasteiger partial charge is 0.277 e. The summed E-state index contributed by atoms with van der Waals surface area (Å²) in [5, 5.41) is 16.5. The maximum absolute atomic E-state index is 13.6. The minimum absolute atomic E-state index is 0.0721. The predicted octanol–water partition coefficient (Wildman–Crippen LogP) is 3.99. The van der Waals surface area contributed by atoms with E-state index in [9.17, 15) is 14.7 Å². The lowest BCUT2D eigenvalue weighted by Gasteiger charge is -2.31. The summed E-state index contributed by atoms with van der Waals surface area (Å²) in [4.78, 5) is 38.4. The molecular weight excluding hydrogens is 478 g/mol. The molecule has 0 saturated carbocycles. The van der Waals surface area contributed by atoms with Crippen molar-refractivity contribution in [3.63, 3.8) is 0 Å². The first-order valence-corrected chi connectivity index (χ1v) is 12.9. The number of aryl methyl sites for hydroxylation is 1. The Kier molecular flexibility index (Phi) is 6.15. The highest BCUT2D eigenvalue weighted by molar-refractivity contribution is 7.13. The van der Waals surface area contributed by atoms with Crippen molar-refractivity contribution in [2.75, 3.05) is 6.54 Å². The van der Waals surface area contributed by atoms with Crippen molar-refractivity contribution < 1.29 is 19.2 Å². The fraction of sp³-hybridized carbons (Fsp3) is 0.423. The van der Waals surface area contributed by atoms with Crippen molar-refractivity contribution >= 4 is 29.0 Å². The zero-order chi connectivity index (χ0) is 25.6. The molecule has 2 aliphatic rings. The van der Waals surface area contributed by atoms with Gasteiger partial charge in [-0.15, -0.1) is 11.3 Å². The van der Waals surface area contributed by atoms with Crippen molar-refractivity contribution in [3.05, 3.63) is 52.9 Å². The highest BCUT2D eigenvalue weighted by Gasteiger charge is 2.46. The summed E-state index contributed by atoms with van der Waals surface area (Å²) in [6, 6.07) is 8.94. The molecule has 1 fully saturated rings. The van der Waals surface area contributed by atoms with Gasteiger partial charge in [-0.2, -0.15) is 4.99 Å². The van der Waals surface area contributed by atoms with Gasteiger partial charge in [-0.05, 0) is 48.9 Å². The summed E-state index contributed by atoms with van der Waals surface area (Å²) in [5.74, 6) is -0.475. The van der Waals surface area contributed by atoms with Crippen molar-refractivity contribution in [2.45, 2.75) is 58.0 Å². The summed E-state index contributed by atoms with van der Waals surface area (Å²) in [6.45, 7) is 8.22. The van der Waals surface area contributed by atoms with Crippen LogP contribution >= 0.6 is 11.3 Å². The summed E-state index contributed by atoms with van der Waals surface area (Å²) >= 11 is 1.59. The lowest BCUT2D eigenvalue weighted by atomic mass is 9.90. The van der Waals surface area contributed by atoms with Gasteiger partial charge in [0.05, 0.1) is 22.1 Å². The molecule has 0 radical (unpaired) electrons. The number of benzene rings is 1. The Hall–Kier alpha value is -3.53. The standard InChI is InChI=1S/C26H29N5O4S/c1-14(2)21(19-12-20(32)30-35-19)24(33)31-11-5-6-18(31)23-28-25(34)26(4,29-23)17-9-7-16(8-10-17)22-15(3)27-13-36-22/h7-10,12-14,18,21H,5-6,11H2,1-4H3,(H,30,32)(H,28,29,34)/t18-,21?,26-/m0/s1. The molecular formula is C26H29N5O4S. The normalized spacial score (nSPS) is 22.7. The SMILES string of the molecule is Cc1ncsc1-c1ccc([C@]2(C)NC([C@@H]3CCCN3C(=O)C(c3cc(O)no3)C(C)C)=NC2=O)cc1. The first kappa shape index (κ1) is 24.2. The molecule has 36 heavy (non-hydrogen) atoms. The molecule has 2 aliphatic heterocycles. The van der Waals surface area contributed by atoms with Gasteiger partial charge in [0.15, 0.2) is 5.76 Å². The highest BCUT2D eigenvalue weighted by atomic mass is 32.1. The highest BCUT2D eigenvalue weighted by Crippen LogP contribution is 2.35. The summed E-state index contributed by atoms with van der Waals surface area (Å²) in [7, 11) is 0. The number of carbonyl (C=O) groups excluding carboxylic acids is 2. The fourth-order valence-corrected chi connectivity index (χ4v) is 5.91. The average Bonchev–Trinajstić information content (AvgIpc) is 3.63. The maximum atomic E-state index is 13.6. The Morgan fingerprint density at radius 2 is 2.06 bits per heavy atom. The van der Waals surface area contributed by atoms with E-state index in [1.807, 2.05) is 57.5 Å². The molecule has 10 heteroatoms. The molecule has 0 bridgehead atoms. The largest absolute Gasteiger partial charge is 0.491 e.